The predicted octanol–water partition coefficient (Wildman–Crippen LogP) is 4.43. The van der Waals surface area contributed by atoms with E-state index in [1.165, 1.54) is 12.5 Å². The molecule has 0 spiro atoms. The number of aryl methyl sites for hydroxylation is 1. The van der Waals surface area contributed by atoms with Gasteiger partial charge in [0.1, 0.15) is 0 Å². The molecule has 1 aliphatic heterocycles. The van der Waals surface area contributed by atoms with Crippen molar-refractivity contribution in [3.63, 3.8) is 0 Å². The Kier molecular flexibility index (Phi) is 7.29. The number of benzene rings is 2. The topological polar surface area (TPSA) is 62.7 Å². The van der Waals surface area contributed by atoms with Gasteiger partial charge in [-0.3, -0.25) is 19.4 Å². The first-order valence-electron chi connectivity index (χ1n) is 11.2. The molecule has 0 saturated carbocycles. The number of thiazole rings is 1. The number of para-hydroxylation sites is 1. The highest BCUT2D eigenvalue weighted by molar-refractivity contribution is 7.22. The van der Waals surface area contributed by atoms with E-state index in [2.05, 4.69) is 24.0 Å². The maximum Gasteiger partial charge on any atom is 0.260 e. The number of ether oxygens (including phenoxy) is 1. The summed E-state index contributed by atoms with van der Waals surface area (Å²) in [6, 6.07) is 13.1. The smallest absolute Gasteiger partial charge is 0.260 e. The number of carbonyl (C=O) groups is 2. The maximum absolute atomic E-state index is 13.5. The number of aromatic nitrogens is 1. The van der Waals surface area contributed by atoms with Crippen LogP contribution in [0, 0.1) is 0 Å². The standard InChI is InChI=1S/C25H29N3O3S/c1-3-19-6-4-7-22-23(19)26-25(32-22)28(13-5-12-27-14-16-31-17-15-27)24(30)21-10-8-20(9-11-21)18(2)29/h4,6-11H,3,5,12-17H2,1-2H3. The Morgan fingerprint density at radius 1 is 1.09 bits per heavy atom. The third-order valence-corrected chi connectivity index (χ3v) is 6.89. The number of nitrogens with zero attached hydrogens (tertiary/aromatic N) is 3. The summed E-state index contributed by atoms with van der Waals surface area (Å²) < 4.78 is 6.53. The third kappa shape index (κ3) is 5.06. The van der Waals surface area contributed by atoms with Gasteiger partial charge in [-0.1, -0.05) is 42.5 Å². The predicted molar refractivity (Wildman–Crippen MR) is 129 cm³/mol. The molecule has 4 rings (SSSR count). The summed E-state index contributed by atoms with van der Waals surface area (Å²) in [7, 11) is 0. The van der Waals surface area contributed by atoms with Gasteiger partial charge in [-0.15, -0.1) is 0 Å². The first kappa shape index (κ1) is 22.6. The minimum atomic E-state index is -0.0841. The monoisotopic (exact) mass is 451 g/mol. The summed E-state index contributed by atoms with van der Waals surface area (Å²) in [4.78, 5) is 34.2. The highest BCUT2D eigenvalue weighted by Crippen LogP contribution is 2.32. The average molecular weight is 452 g/mol. The number of Topliss-reactive ketones (excluding diaryl/α,β-unsaturated/α-hetero) is 1. The van der Waals surface area contributed by atoms with Crippen LogP contribution in [0.25, 0.3) is 10.2 Å². The molecule has 2 heterocycles. The molecular formula is C25H29N3O3S. The number of hydrogen-bond acceptors (Lipinski definition) is 6. The normalized spacial score (nSPS) is 14.6. The third-order valence-electron chi connectivity index (χ3n) is 5.85. The summed E-state index contributed by atoms with van der Waals surface area (Å²) in [6.07, 6.45) is 1.76. The summed E-state index contributed by atoms with van der Waals surface area (Å²) in [6.45, 7) is 8.55. The van der Waals surface area contributed by atoms with E-state index >= 15 is 0 Å². The van der Waals surface area contributed by atoms with E-state index in [1.807, 2.05) is 6.07 Å². The van der Waals surface area contributed by atoms with Gasteiger partial charge in [0.2, 0.25) is 0 Å². The fourth-order valence-electron chi connectivity index (χ4n) is 3.96. The van der Waals surface area contributed by atoms with Gasteiger partial charge in [0.05, 0.1) is 23.4 Å². The molecule has 6 nitrogen and oxygen atoms in total. The van der Waals surface area contributed by atoms with Crippen molar-refractivity contribution in [1.82, 2.24) is 9.88 Å². The van der Waals surface area contributed by atoms with Crippen LogP contribution in [0.5, 0.6) is 0 Å². The van der Waals surface area contributed by atoms with Crippen LogP contribution in [0.2, 0.25) is 0 Å². The van der Waals surface area contributed by atoms with Crippen LogP contribution in [-0.2, 0) is 11.2 Å². The molecule has 7 heteroatoms. The van der Waals surface area contributed by atoms with E-state index in [-0.39, 0.29) is 11.7 Å². The van der Waals surface area contributed by atoms with Crippen molar-refractivity contribution in [2.75, 3.05) is 44.3 Å². The quantitative estimate of drug-likeness (QED) is 0.474. The fourth-order valence-corrected chi connectivity index (χ4v) is 5.00. The van der Waals surface area contributed by atoms with E-state index in [0.717, 1.165) is 61.0 Å². The van der Waals surface area contributed by atoms with Crippen LogP contribution in [-0.4, -0.2) is 61.0 Å². The molecule has 0 bridgehead atoms. The lowest BCUT2D eigenvalue weighted by Gasteiger charge is -2.27. The SMILES string of the molecule is CCc1cccc2sc(N(CCCN3CCOCC3)C(=O)c3ccc(C(C)=O)cc3)nc12. The number of fused-ring (bicyclic) bond motifs is 1. The van der Waals surface area contributed by atoms with E-state index in [0.29, 0.717) is 17.7 Å². The molecule has 168 valence electrons. The van der Waals surface area contributed by atoms with Gasteiger partial charge in [0.15, 0.2) is 10.9 Å². The van der Waals surface area contributed by atoms with E-state index < -0.39 is 0 Å². The Balaban J connectivity index is 1.59. The first-order valence-corrected chi connectivity index (χ1v) is 12.0. The Morgan fingerprint density at radius 3 is 2.50 bits per heavy atom. The first-order chi connectivity index (χ1) is 15.6. The number of hydrogen-bond donors (Lipinski definition) is 0. The van der Waals surface area contributed by atoms with Gasteiger partial charge in [0.25, 0.3) is 5.91 Å². The molecular weight excluding hydrogens is 422 g/mol. The van der Waals surface area contributed by atoms with Crippen molar-refractivity contribution in [2.45, 2.75) is 26.7 Å². The van der Waals surface area contributed by atoms with Gasteiger partial charge >= 0.3 is 0 Å². The lowest BCUT2D eigenvalue weighted by molar-refractivity contribution is 0.0376. The van der Waals surface area contributed by atoms with E-state index in [1.54, 1.807) is 40.5 Å². The maximum atomic E-state index is 13.5. The number of rotatable bonds is 8. The van der Waals surface area contributed by atoms with Gasteiger partial charge in [-0.2, -0.15) is 0 Å². The molecule has 32 heavy (non-hydrogen) atoms. The van der Waals surface area contributed by atoms with Gasteiger partial charge in [0, 0.05) is 37.3 Å². The Morgan fingerprint density at radius 2 is 1.81 bits per heavy atom. The Bertz CT molecular complexity index is 1090. The molecule has 1 amide bonds. The summed E-state index contributed by atoms with van der Waals surface area (Å²) in [5, 5.41) is 0.725. The van der Waals surface area contributed by atoms with Crippen molar-refractivity contribution in [2.24, 2.45) is 0 Å². The minimum Gasteiger partial charge on any atom is -0.379 e. The Hall–Kier alpha value is -2.61. The summed E-state index contributed by atoms with van der Waals surface area (Å²) in [5.74, 6) is -0.0937. The number of amides is 1. The fraction of sp³-hybridized carbons (Fsp3) is 0.400. The molecule has 0 radical (unpaired) electrons. The van der Waals surface area contributed by atoms with Crippen LogP contribution in [0.15, 0.2) is 42.5 Å². The molecule has 1 aliphatic rings. The van der Waals surface area contributed by atoms with Crippen LogP contribution in [0.1, 0.15) is 46.5 Å². The molecule has 0 unspecified atom stereocenters. The number of morpholine rings is 1. The van der Waals surface area contributed by atoms with Crippen molar-refractivity contribution >= 4 is 38.4 Å². The second kappa shape index (κ2) is 10.3. The molecule has 1 aromatic heterocycles. The number of anilines is 1. The average Bonchev–Trinajstić information content (AvgIpc) is 3.26. The lowest BCUT2D eigenvalue weighted by atomic mass is 10.1. The highest BCUT2D eigenvalue weighted by atomic mass is 32.1. The van der Waals surface area contributed by atoms with Crippen molar-refractivity contribution in [1.29, 1.82) is 0 Å². The largest absolute Gasteiger partial charge is 0.379 e. The van der Waals surface area contributed by atoms with Gasteiger partial charge in [-0.25, -0.2) is 4.98 Å². The second-order valence-electron chi connectivity index (χ2n) is 8.01. The second-order valence-corrected chi connectivity index (χ2v) is 9.02. The van der Waals surface area contributed by atoms with Crippen molar-refractivity contribution < 1.29 is 14.3 Å². The molecule has 0 aliphatic carbocycles. The van der Waals surface area contributed by atoms with Gasteiger partial charge in [-0.05, 0) is 43.5 Å². The molecule has 2 aromatic carbocycles. The number of carbonyl (C=O) groups excluding carboxylic acids is 2. The summed E-state index contributed by atoms with van der Waals surface area (Å²) in [5.41, 5.74) is 3.34. The highest BCUT2D eigenvalue weighted by Gasteiger charge is 2.22. The Labute approximate surface area is 192 Å². The molecule has 0 N–H and O–H groups in total. The molecule has 0 atom stereocenters. The number of ketones is 1. The molecule has 1 fully saturated rings. The van der Waals surface area contributed by atoms with Crippen LogP contribution in [0.3, 0.4) is 0 Å². The lowest BCUT2D eigenvalue weighted by Crippen LogP contribution is -2.39. The van der Waals surface area contributed by atoms with Crippen LogP contribution in [0.4, 0.5) is 5.13 Å². The zero-order valence-electron chi connectivity index (χ0n) is 18.7. The zero-order valence-corrected chi connectivity index (χ0v) is 19.5. The van der Waals surface area contributed by atoms with Crippen LogP contribution >= 0.6 is 11.3 Å². The van der Waals surface area contributed by atoms with E-state index in [4.69, 9.17) is 9.72 Å². The zero-order chi connectivity index (χ0) is 22.5. The van der Waals surface area contributed by atoms with Gasteiger partial charge < -0.3 is 4.74 Å². The van der Waals surface area contributed by atoms with Crippen molar-refractivity contribution in [3.05, 3.63) is 59.2 Å². The minimum absolute atomic E-state index is 0.00960. The van der Waals surface area contributed by atoms with E-state index in [9.17, 15) is 9.59 Å². The van der Waals surface area contributed by atoms with Crippen LogP contribution < -0.4 is 4.90 Å². The van der Waals surface area contributed by atoms with Crippen molar-refractivity contribution in [3.8, 4) is 0 Å². The molecule has 3 aromatic rings. The summed E-state index contributed by atoms with van der Waals surface area (Å²) >= 11 is 1.56. The molecule has 1 saturated heterocycles.